The first-order valence-electron chi connectivity index (χ1n) is 4.79. The van der Waals surface area contributed by atoms with E-state index < -0.39 is 5.97 Å². The fourth-order valence-corrected chi connectivity index (χ4v) is 1.08. The lowest BCUT2D eigenvalue weighted by molar-refractivity contribution is -0.141. The summed E-state index contributed by atoms with van der Waals surface area (Å²) in [5.41, 5.74) is 0. The Morgan fingerprint density at radius 1 is 1.12 bits per heavy atom. The summed E-state index contributed by atoms with van der Waals surface area (Å²) in [6.07, 6.45) is 0.272. The van der Waals surface area contributed by atoms with Gasteiger partial charge in [-0.1, -0.05) is 0 Å². The number of hydrogen-bond acceptors (Lipinski definition) is 5. The van der Waals surface area contributed by atoms with Gasteiger partial charge < -0.3 is 15.3 Å². The van der Waals surface area contributed by atoms with Gasteiger partial charge in [0.25, 0.3) is 0 Å². The number of aliphatic carboxylic acids is 1. The lowest BCUT2D eigenvalue weighted by Crippen LogP contribution is -2.31. The Labute approximate surface area is 92.3 Å². The molecule has 0 saturated carbocycles. The molecule has 1 heterocycles. The Bertz CT molecular complexity index is 247. The number of hydrogen-bond donors (Lipinski definition) is 3. The quantitative estimate of drug-likeness (QED) is 0.513. The first-order valence-corrected chi connectivity index (χ1v) is 4.79. The third-order valence-electron chi connectivity index (χ3n) is 1.80. The van der Waals surface area contributed by atoms with Gasteiger partial charge in [-0.2, -0.15) is 0 Å². The minimum absolute atomic E-state index is 0.00694. The van der Waals surface area contributed by atoms with Gasteiger partial charge in [0, 0.05) is 19.4 Å². The highest BCUT2D eigenvalue weighted by molar-refractivity contribution is 6.02. The third kappa shape index (κ3) is 5.42. The van der Waals surface area contributed by atoms with Gasteiger partial charge in [-0.05, 0) is 0 Å². The number of carbonyl (C=O) groups is 3. The van der Waals surface area contributed by atoms with Crippen molar-refractivity contribution in [3.05, 3.63) is 0 Å². The summed E-state index contributed by atoms with van der Waals surface area (Å²) >= 11 is 0. The fraction of sp³-hybridized carbons (Fsp3) is 0.667. The number of carboxylic acids is 1. The van der Waals surface area contributed by atoms with Crippen LogP contribution in [0.1, 0.15) is 19.3 Å². The van der Waals surface area contributed by atoms with E-state index >= 15 is 0 Å². The largest absolute Gasteiger partial charge is 0.481 e. The molecule has 0 spiro atoms. The highest BCUT2D eigenvalue weighted by Gasteiger charge is 2.28. The van der Waals surface area contributed by atoms with Gasteiger partial charge in [0.2, 0.25) is 11.8 Å². The smallest absolute Gasteiger partial charge is 0.305 e. The highest BCUT2D eigenvalue weighted by Crippen LogP contribution is 2.11. The zero-order valence-corrected chi connectivity index (χ0v) is 8.76. The van der Waals surface area contributed by atoms with Gasteiger partial charge in [0.1, 0.15) is 0 Å². The zero-order chi connectivity index (χ0) is 12.6. The van der Waals surface area contributed by atoms with Crippen LogP contribution in [-0.2, 0) is 14.4 Å². The van der Waals surface area contributed by atoms with E-state index in [0.29, 0.717) is 0 Å². The summed E-state index contributed by atoms with van der Waals surface area (Å²) < 4.78 is 0. The van der Waals surface area contributed by atoms with Crippen LogP contribution < -0.4 is 0 Å². The van der Waals surface area contributed by atoms with Crippen LogP contribution in [0.25, 0.3) is 0 Å². The van der Waals surface area contributed by atoms with E-state index in [2.05, 4.69) is 0 Å². The van der Waals surface area contributed by atoms with Crippen molar-refractivity contribution in [2.75, 3.05) is 19.8 Å². The number of nitrogens with zero attached hydrogens (tertiary/aromatic N) is 1. The van der Waals surface area contributed by atoms with Gasteiger partial charge in [-0.15, -0.1) is 0 Å². The molecule has 1 aliphatic rings. The van der Waals surface area contributed by atoms with Crippen molar-refractivity contribution in [1.29, 1.82) is 0 Å². The Balaban J connectivity index is 0.000000487. The first-order chi connectivity index (χ1) is 7.52. The first kappa shape index (κ1) is 14.5. The number of carbonyl (C=O) groups excluding carboxylic acids is 2. The van der Waals surface area contributed by atoms with Crippen molar-refractivity contribution in [3.63, 3.8) is 0 Å². The highest BCUT2D eigenvalue weighted by atomic mass is 16.4. The molecule has 7 nitrogen and oxygen atoms in total. The SMILES string of the molecule is O=C(O)CCN1C(=O)CCC1=O.OCCO. The molecule has 1 rings (SSSR count). The Hall–Kier alpha value is -1.47. The molecule has 16 heavy (non-hydrogen) atoms. The molecule has 1 aliphatic heterocycles. The Morgan fingerprint density at radius 2 is 1.56 bits per heavy atom. The van der Waals surface area contributed by atoms with Crippen LogP contribution in [0.5, 0.6) is 0 Å². The van der Waals surface area contributed by atoms with E-state index in [9.17, 15) is 14.4 Å². The molecule has 0 radical (unpaired) electrons. The Morgan fingerprint density at radius 3 is 1.88 bits per heavy atom. The molecule has 2 amide bonds. The molecule has 0 atom stereocenters. The Kier molecular flexibility index (Phi) is 7.06. The van der Waals surface area contributed by atoms with Crippen molar-refractivity contribution >= 4 is 17.8 Å². The standard InChI is InChI=1S/C7H9NO4.C2H6O2/c9-5-1-2-6(10)8(5)4-3-7(11)12;3-1-2-4/h1-4H2,(H,11,12);3-4H,1-2H2. The van der Waals surface area contributed by atoms with Gasteiger partial charge in [0.05, 0.1) is 19.6 Å². The minimum Gasteiger partial charge on any atom is -0.481 e. The van der Waals surface area contributed by atoms with Crippen molar-refractivity contribution in [1.82, 2.24) is 4.90 Å². The topological polar surface area (TPSA) is 115 Å². The normalized spacial score (nSPS) is 14.8. The van der Waals surface area contributed by atoms with Crippen molar-refractivity contribution < 1.29 is 29.7 Å². The van der Waals surface area contributed by atoms with E-state index in [4.69, 9.17) is 15.3 Å². The van der Waals surface area contributed by atoms with Crippen LogP contribution in [0.15, 0.2) is 0 Å². The molecule has 0 bridgehead atoms. The molecule has 0 aromatic rings. The van der Waals surface area contributed by atoms with Gasteiger partial charge >= 0.3 is 5.97 Å². The van der Waals surface area contributed by atoms with E-state index in [1.54, 1.807) is 0 Å². The molecule has 92 valence electrons. The molecular weight excluding hydrogens is 218 g/mol. The predicted octanol–water partition coefficient (Wildman–Crippen LogP) is -1.42. The van der Waals surface area contributed by atoms with Crippen molar-refractivity contribution in [3.8, 4) is 0 Å². The van der Waals surface area contributed by atoms with Crippen molar-refractivity contribution in [2.24, 2.45) is 0 Å². The summed E-state index contributed by atoms with van der Waals surface area (Å²) in [6.45, 7) is -0.243. The molecule has 3 N–H and O–H groups in total. The van der Waals surface area contributed by atoms with Crippen LogP contribution in [0, 0.1) is 0 Å². The summed E-state index contributed by atoms with van der Waals surface area (Å²) in [5, 5.41) is 23.5. The van der Waals surface area contributed by atoms with Crippen LogP contribution in [0.2, 0.25) is 0 Å². The maximum absolute atomic E-state index is 10.9. The van der Waals surface area contributed by atoms with Gasteiger partial charge in [-0.25, -0.2) is 0 Å². The molecule has 0 unspecified atom stereocenters. The van der Waals surface area contributed by atoms with Gasteiger partial charge in [-0.3, -0.25) is 19.3 Å². The second-order valence-corrected chi connectivity index (χ2v) is 3.03. The minimum atomic E-state index is -0.998. The third-order valence-corrected chi connectivity index (χ3v) is 1.80. The van der Waals surface area contributed by atoms with Crippen LogP contribution in [0.4, 0.5) is 0 Å². The molecule has 0 aromatic heterocycles. The van der Waals surface area contributed by atoms with Gasteiger partial charge in [0.15, 0.2) is 0 Å². The maximum atomic E-state index is 10.9. The second-order valence-electron chi connectivity index (χ2n) is 3.03. The van der Waals surface area contributed by atoms with E-state index in [0.717, 1.165) is 4.90 Å². The summed E-state index contributed by atoms with van der Waals surface area (Å²) in [7, 11) is 0. The molecule has 7 heteroatoms. The average molecular weight is 233 g/mol. The lowest BCUT2D eigenvalue weighted by atomic mass is 10.4. The number of aliphatic hydroxyl groups is 2. The van der Waals surface area contributed by atoms with Crippen LogP contribution >= 0.6 is 0 Å². The summed E-state index contributed by atoms with van der Waals surface area (Å²) in [5.74, 6) is -1.52. The molecule has 1 saturated heterocycles. The molecule has 1 fully saturated rings. The van der Waals surface area contributed by atoms with Crippen LogP contribution in [0.3, 0.4) is 0 Å². The number of aliphatic hydroxyl groups excluding tert-OH is 2. The number of imide groups is 1. The van der Waals surface area contributed by atoms with E-state index in [1.807, 2.05) is 0 Å². The van der Waals surface area contributed by atoms with E-state index in [1.165, 1.54) is 0 Å². The maximum Gasteiger partial charge on any atom is 0.305 e. The molecule has 0 aliphatic carbocycles. The lowest BCUT2D eigenvalue weighted by Gasteiger charge is -2.10. The van der Waals surface area contributed by atoms with Crippen molar-refractivity contribution in [2.45, 2.75) is 19.3 Å². The second kappa shape index (κ2) is 7.77. The van der Waals surface area contributed by atoms with E-state index in [-0.39, 0.29) is 50.8 Å². The van der Waals surface area contributed by atoms with Crippen LogP contribution in [-0.4, -0.2) is 57.8 Å². The summed E-state index contributed by atoms with van der Waals surface area (Å²) in [6, 6.07) is 0. The molecule has 0 aromatic carbocycles. The zero-order valence-electron chi connectivity index (χ0n) is 8.76. The number of carboxylic acid groups (broad SMARTS) is 1. The molecular formula is C9H15NO6. The average Bonchev–Trinajstić information content (AvgIpc) is 2.56. The fourth-order valence-electron chi connectivity index (χ4n) is 1.08. The number of amides is 2. The number of rotatable bonds is 4. The number of likely N-dealkylation sites (tertiary alicyclic amines) is 1. The summed E-state index contributed by atoms with van der Waals surface area (Å²) in [4.78, 5) is 32.9. The monoisotopic (exact) mass is 233 g/mol. The predicted molar refractivity (Wildman–Crippen MR) is 52.4 cm³/mol.